The third kappa shape index (κ3) is 3.36. The summed E-state index contributed by atoms with van der Waals surface area (Å²) >= 11 is 0. The monoisotopic (exact) mass is 311 g/mol. The molecule has 2 aromatic carbocycles. The highest BCUT2D eigenvalue weighted by Gasteiger charge is 2.14. The molecule has 1 aromatic heterocycles. The Kier molecular flexibility index (Phi) is 4.89. The van der Waals surface area contributed by atoms with E-state index in [0.29, 0.717) is 5.75 Å². The number of fused-ring (bicyclic) bond motifs is 3. The van der Waals surface area contributed by atoms with Crippen LogP contribution in [0.2, 0.25) is 0 Å². The van der Waals surface area contributed by atoms with Crippen LogP contribution in [0.1, 0.15) is 32.6 Å². The van der Waals surface area contributed by atoms with E-state index in [1.54, 1.807) is 6.07 Å². The topological polar surface area (TPSA) is 54.6 Å². The predicted octanol–water partition coefficient (Wildman–Crippen LogP) is 3.72. The Morgan fingerprint density at radius 2 is 1.74 bits per heavy atom. The van der Waals surface area contributed by atoms with Crippen molar-refractivity contribution in [3.8, 4) is 5.75 Å². The lowest BCUT2D eigenvalue weighted by Crippen LogP contribution is -2.20. The molecule has 4 nitrogen and oxygen atoms in total. The van der Waals surface area contributed by atoms with Gasteiger partial charge in [-0.2, -0.15) is 0 Å². The molecule has 0 fully saturated rings. The molecule has 2 N–H and O–H groups in total. The Balaban J connectivity index is 2.03. The van der Waals surface area contributed by atoms with Gasteiger partial charge in [-0.1, -0.05) is 44.4 Å². The first kappa shape index (κ1) is 15.9. The summed E-state index contributed by atoms with van der Waals surface area (Å²) in [6.45, 7) is 3.21. The third-order valence-electron chi connectivity index (χ3n) is 4.22. The van der Waals surface area contributed by atoms with E-state index in [0.717, 1.165) is 29.3 Å². The van der Waals surface area contributed by atoms with Gasteiger partial charge in [0.05, 0.1) is 0 Å². The highest BCUT2D eigenvalue weighted by atomic mass is 16.6. The van der Waals surface area contributed by atoms with Gasteiger partial charge < -0.3 is 19.3 Å². The van der Waals surface area contributed by atoms with Crippen LogP contribution in [0.25, 0.3) is 21.8 Å². The van der Waals surface area contributed by atoms with Crippen molar-refractivity contribution in [1.29, 1.82) is 0 Å². The first-order valence-electron chi connectivity index (χ1n) is 8.24. The van der Waals surface area contributed by atoms with Crippen LogP contribution >= 0.6 is 0 Å². The molecule has 0 saturated carbocycles. The summed E-state index contributed by atoms with van der Waals surface area (Å²) in [4.78, 5) is 0. The molecule has 0 aliphatic carbocycles. The summed E-state index contributed by atoms with van der Waals surface area (Å²) in [6, 6.07) is 14.0. The predicted molar refractivity (Wildman–Crippen MR) is 94.4 cm³/mol. The quantitative estimate of drug-likeness (QED) is 0.516. The summed E-state index contributed by atoms with van der Waals surface area (Å²) in [5, 5.41) is 20.2. The van der Waals surface area contributed by atoms with Crippen LogP contribution in [0, 0.1) is 0 Å². The standard InChI is InChI=1S/C18H22BNO3/c1-2-3-4-7-12-20-17-9-6-5-8-15(17)16-13-14(23-19(21)22)10-11-18(16)20/h5-6,8-11,13,21-22H,2-4,7,12H2,1H3. The van der Waals surface area contributed by atoms with Crippen molar-refractivity contribution in [2.45, 2.75) is 39.2 Å². The fourth-order valence-corrected chi connectivity index (χ4v) is 3.17. The highest BCUT2D eigenvalue weighted by Crippen LogP contribution is 2.32. The van der Waals surface area contributed by atoms with Crippen molar-refractivity contribution in [3.63, 3.8) is 0 Å². The van der Waals surface area contributed by atoms with Gasteiger partial charge in [-0.05, 0) is 30.7 Å². The smallest absolute Gasteiger partial charge is 0.512 e. The average molecular weight is 311 g/mol. The van der Waals surface area contributed by atoms with Gasteiger partial charge in [0.1, 0.15) is 5.75 Å². The maximum Gasteiger partial charge on any atom is 0.707 e. The van der Waals surface area contributed by atoms with Crippen molar-refractivity contribution in [2.75, 3.05) is 0 Å². The molecule has 1 heterocycles. The minimum Gasteiger partial charge on any atom is -0.512 e. The second kappa shape index (κ2) is 7.07. The maximum atomic E-state index is 8.99. The van der Waals surface area contributed by atoms with E-state index in [1.807, 2.05) is 18.2 Å². The van der Waals surface area contributed by atoms with Crippen molar-refractivity contribution in [3.05, 3.63) is 42.5 Å². The normalized spacial score (nSPS) is 11.3. The van der Waals surface area contributed by atoms with E-state index in [-0.39, 0.29) is 0 Å². The summed E-state index contributed by atoms with van der Waals surface area (Å²) < 4.78 is 7.34. The second-order valence-electron chi connectivity index (χ2n) is 5.85. The van der Waals surface area contributed by atoms with Crippen LogP contribution in [-0.2, 0) is 6.54 Å². The Hall–Kier alpha value is -1.98. The Morgan fingerprint density at radius 3 is 2.52 bits per heavy atom. The molecule has 3 rings (SSSR count). The first-order chi connectivity index (χ1) is 11.2. The number of hydrogen-bond donors (Lipinski definition) is 2. The van der Waals surface area contributed by atoms with Crippen LogP contribution in [0.15, 0.2) is 42.5 Å². The van der Waals surface area contributed by atoms with Gasteiger partial charge in [0.15, 0.2) is 0 Å². The fourth-order valence-electron chi connectivity index (χ4n) is 3.17. The number of benzene rings is 2. The van der Waals surface area contributed by atoms with Crippen LogP contribution in [0.5, 0.6) is 5.75 Å². The number of aryl methyl sites for hydroxylation is 1. The van der Waals surface area contributed by atoms with E-state index < -0.39 is 7.32 Å². The Labute approximate surface area is 136 Å². The van der Waals surface area contributed by atoms with Crippen molar-refractivity contribution in [1.82, 2.24) is 4.57 Å². The molecule has 120 valence electrons. The summed E-state index contributed by atoms with van der Waals surface area (Å²) in [6.07, 6.45) is 4.90. The van der Waals surface area contributed by atoms with E-state index >= 15 is 0 Å². The number of unbranched alkanes of at least 4 members (excludes halogenated alkanes) is 3. The molecule has 0 radical (unpaired) electrons. The molecule has 0 atom stereocenters. The van der Waals surface area contributed by atoms with Gasteiger partial charge in [-0.15, -0.1) is 0 Å². The number of rotatable bonds is 7. The molecule has 0 aliphatic heterocycles. The summed E-state index contributed by atoms with van der Waals surface area (Å²) in [5.41, 5.74) is 2.36. The minimum atomic E-state index is -1.80. The zero-order valence-electron chi connectivity index (χ0n) is 13.4. The van der Waals surface area contributed by atoms with Crippen LogP contribution in [0.4, 0.5) is 0 Å². The number of aromatic nitrogens is 1. The van der Waals surface area contributed by atoms with Crippen molar-refractivity contribution < 1.29 is 14.7 Å². The largest absolute Gasteiger partial charge is 0.707 e. The summed E-state index contributed by atoms with van der Waals surface area (Å²) in [5.74, 6) is 0.460. The second-order valence-corrected chi connectivity index (χ2v) is 5.85. The molecule has 5 heteroatoms. The maximum absolute atomic E-state index is 8.99. The van der Waals surface area contributed by atoms with Gasteiger partial charge in [-0.25, -0.2) is 0 Å². The fraction of sp³-hybridized carbons (Fsp3) is 0.333. The first-order valence-corrected chi connectivity index (χ1v) is 8.24. The van der Waals surface area contributed by atoms with Gasteiger partial charge in [0.25, 0.3) is 0 Å². The molecule has 23 heavy (non-hydrogen) atoms. The van der Waals surface area contributed by atoms with Gasteiger partial charge in [0.2, 0.25) is 0 Å². The van der Waals surface area contributed by atoms with E-state index in [2.05, 4.69) is 29.7 Å². The third-order valence-corrected chi connectivity index (χ3v) is 4.22. The van der Waals surface area contributed by atoms with Crippen molar-refractivity contribution >= 4 is 29.1 Å². The lowest BCUT2D eigenvalue weighted by atomic mass is 10.1. The lowest BCUT2D eigenvalue weighted by Gasteiger charge is -2.08. The number of para-hydroxylation sites is 1. The average Bonchev–Trinajstić information content (AvgIpc) is 2.85. The molecular weight excluding hydrogens is 289 g/mol. The van der Waals surface area contributed by atoms with E-state index in [4.69, 9.17) is 14.7 Å². The van der Waals surface area contributed by atoms with Gasteiger partial charge >= 0.3 is 7.32 Å². The molecule has 0 saturated heterocycles. The van der Waals surface area contributed by atoms with Crippen LogP contribution in [-0.4, -0.2) is 21.9 Å². The van der Waals surface area contributed by atoms with Gasteiger partial charge in [-0.3, -0.25) is 0 Å². The zero-order valence-corrected chi connectivity index (χ0v) is 13.4. The van der Waals surface area contributed by atoms with Crippen LogP contribution < -0.4 is 4.65 Å². The lowest BCUT2D eigenvalue weighted by molar-refractivity contribution is 0.288. The van der Waals surface area contributed by atoms with Crippen molar-refractivity contribution in [2.24, 2.45) is 0 Å². The van der Waals surface area contributed by atoms with E-state index in [9.17, 15) is 0 Å². The highest BCUT2D eigenvalue weighted by molar-refractivity contribution is 6.33. The van der Waals surface area contributed by atoms with Crippen LogP contribution in [0.3, 0.4) is 0 Å². The zero-order chi connectivity index (χ0) is 16.2. The molecule has 3 aromatic rings. The molecule has 0 aliphatic rings. The SMILES string of the molecule is CCCCCCn1c2ccccc2c2cc(OB(O)O)ccc21. The number of nitrogens with zero attached hydrogens (tertiary/aromatic N) is 1. The molecular formula is C18H22BNO3. The van der Waals surface area contributed by atoms with Gasteiger partial charge in [0, 0.05) is 28.4 Å². The number of hydrogen-bond acceptors (Lipinski definition) is 3. The molecule has 0 amide bonds. The molecule has 0 bridgehead atoms. The molecule has 0 unspecified atom stereocenters. The summed E-state index contributed by atoms with van der Waals surface area (Å²) in [7, 11) is -1.80. The van der Waals surface area contributed by atoms with E-state index in [1.165, 1.54) is 24.8 Å². The Bertz CT molecular complexity index is 797. The Morgan fingerprint density at radius 1 is 0.957 bits per heavy atom. The molecule has 0 spiro atoms. The minimum absolute atomic E-state index is 0.460.